The van der Waals surface area contributed by atoms with Gasteiger partial charge in [0.25, 0.3) is 0 Å². The normalized spacial score (nSPS) is 9.38. The summed E-state index contributed by atoms with van der Waals surface area (Å²) in [4.78, 5) is 10.7. The molecule has 1 aromatic rings. The first-order valence-electron chi connectivity index (χ1n) is 5.17. The van der Waals surface area contributed by atoms with E-state index >= 15 is 0 Å². The Morgan fingerprint density at radius 1 is 1.50 bits per heavy atom. The maximum Gasteiger partial charge on any atom is 0.335 e. The van der Waals surface area contributed by atoms with E-state index in [1.165, 1.54) is 12.1 Å². The zero-order valence-corrected chi connectivity index (χ0v) is 9.09. The molecule has 0 spiro atoms. The van der Waals surface area contributed by atoms with Gasteiger partial charge in [0.2, 0.25) is 0 Å². The van der Waals surface area contributed by atoms with E-state index in [0.29, 0.717) is 6.42 Å². The lowest BCUT2D eigenvalue weighted by molar-refractivity contribution is 0.0697. The highest BCUT2D eigenvalue weighted by Crippen LogP contribution is 2.09. The molecule has 0 saturated carbocycles. The maximum atomic E-state index is 13.2. The predicted octanol–water partition coefficient (Wildman–Crippen LogP) is 3.07. The number of halogens is 1. The van der Waals surface area contributed by atoms with E-state index in [4.69, 9.17) is 5.11 Å². The van der Waals surface area contributed by atoms with E-state index in [1.54, 1.807) is 0 Å². The van der Waals surface area contributed by atoms with Crippen LogP contribution in [0, 0.1) is 17.7 Å². The summed E-state index contributed by atoms with van der Waals surface area (Å²) < 4.78 is 13.2. The summed E-state index contributed by atoms with van der Waals surface area (Å²) in [5.41, 5.74) is 0.206. The molecule has 0 radical (unpaired) electrons. The second-order valence-corrected chi connectivity index (χ2v) is 3.41. The third-order valence-electron chi connectivity index (χ3n) is 2.09. The molecule has 1 N–H and O–H groups in total. The Balaban J connectivity index is 2.88. The molecule has 16 heavy (non-hydrogen) atoms. The smallest absolute Gasteiger partial charge is 0.335 e. The molecule has 2 nitrogen and oxygen atoms in total. The van der Waals surface area contributed by atoms with E-state index < -0.39 is 11.8 Å². The molecule has 0 atom stereocenters. The highest BCUT2D eigenvalue weighted by atomic mass is 19.1. The first-order valence-corrected chi connectivity index (χ1v) is 5.17. The minimum absolute atomic E-state index is 0.0567. The van der Waals surface area contributed by atoms with Crippen LogP contribution in [0.15, 0.2) is 18.2 Å². The van der Waals surface area contributed by atoms with Crippen LogP contribution < -0.4 is 0 Å². The third-order valence-corrected chi connectivity index (χ3v) is 2.09. The van der Waals surface area contributed by atoms with Gasteiger partial charge in [0.1, 0.15) is 5.82 Å². The van der Waals surface area contributed by atoms with Gasteiger partial charge in [-0.2, -0.15) is 0 Å². The van der Waals surface area contributed by atoms with Crippen molar-refractivity contribution in [3.8, 4) is 11.8 Å². The molecule has 3 heteroatoms. The molecule has 0 fully saturated rings. The second-order valence-electron chi connectivity index (χ2n) is 3.41. The van der Waals surface area contributed by atoms with E-state index in [2.05, 4.69) is 11.8 Å². The van der Waals surface area contributed by atoms with Crippen molar-refractivity contribution in [3.63, 3.8) is 0 Å². The van der Waals surface area contributed by atoms with Crippen LogP contribution in [0.2, 0.25) is 0 Å². The molecular formula is C13H13FO2. The molecule has 0 aromatic heterocycles. The molecule has 0 saturated heterocycles. The Hall–Kier alpha value is -1.82. The minimum Gasteiger partial charge on any atom is -0.478 e. The van der Waals surface area contributed by atoms with Crippen LogP contribution in [0.4, 0.5) is 4.39 Å². The van der Waals surface area contributed by atoms with Gasteiger partial charge in [-0.25, -0.2) is 9.18 Å². The zero-order valence-electron chi connectivity index (χ0n) is 9.09. The molecule has 0 bridgehead atoms. The van der Waals surface area contributed by atoms with Crippen molar-refractivity contribution in [2.45, 2.75) is 26.2 Å². The van der Waals surface area contributed by atoms with Gasteiger partial charge in [0.15, 0.2) is 0 Å². The first-order chi connectivity index (χ1) is 7.65. The van der Waals surface area contributed by atoms with Crippen molar-refractivity contribution < 1.29 is 14.3 Å². The fourth-order valence-electron chi connectivity index (χ4n) is 1.18. The van der Waals surface area contributed by atoms with E-state index in [-0.39, 0.29) is 11.1 Å². The topological polar surface area (TPSA) is 37.3 Å². The average molecular weight is 220 g/mol. The van der Waals surface area contributed by atoms with Crippen molar-refractivity contribution in [2.24, 2.45) is 0 Å². The largest absolute Gasteiger partial charge is 0.478 e. The number of benzene rings is 1. The number of unbranched alkanes of at least 4 members (excludes halogenated alkanes) is 2. The molecule has 1 rings (SSSR count). The summed E-state index contributed by atoms with van der Waals surface area (Å²) >= 11 is 0. The van der Waals surface area contributed by atoms with Crippen LogP contribution in [0.1, 0.15) is 42.1 Å². The number of aromatic carboxylic acids is 1. The van der Waals surface area contributed by atoms with Gasteiger partial charge < -0.3 is 5.11 Å². The van der Waals surface area contributed by atoms with Crippen molar-refractivity contribution in [1.82, 2.24) is 0 Å². The SMILES string of the molecule is CCCCC#Cc1cc(C(=O)O)ccc1F. The van der Waals surface area contributed by atoms with Crippen LogP contribution in [-0.4, -0.2) is 11.1 Å². The summed E-state index contributed by atoms with van der Waals surface area (Å²) in [5, 5.41) is 8.74. The Kier molecular flexibility index (Phi) is 4.53. The molecular weight excluding hydrogens is 207 g/mol. The number of rotatable bonds is 3. The van der Waals surface area contributed by atoms with Crippen LogP contribution in [0.25, 0.3) is 0 Å². The number of carboxylic acids is 1. The van der Waals surface area contributed by atoms with Gasteiger partial charge >= 0.3 is 5.97 Å². The second kappa shape index (κ2) is 5.92. The van der Waals surface area contributed by atoms with E-state index in [0.717, 1.165) is 18.9 Å². The third kappa shape index (κ3) is 3.39. The Labute approximate surface area is 94.1 Å². The quantitative estimate of drug-likeness (QED) is 0.628. The number of carboxylic acid groups (broad SMARTS) is 1. The van der Waals surface area contributed by atoms with Gasteiger partial charge in [-0.15, -0.1) is 0 Å². The van der Waals surface area contributed by atoms with Crippen LogP contribution in [0.5, 0.6) is 0 Å². The number of hydrogen-bond donors (Lipinski definition) is 1. The van der Waals surface area contributed by atoms with E-state index in [1.807, 2.05) is 6.92 Å². The number of hydrogen-bond acceptors (Lipinski definition) is 1. The average Bonchev–Trinajstić information content (AvgIpc) is 2.26. The van der Waals surface area contributed by atoms with Gasteiger partial charge in [-0.05, 0) is 24.6 Å². The lowest BCUT2D eigenvalue weighted by Crippen LogP contribution is -1.97. The molecule has 0 aliphatic carbocycles. The molecule has 1 aromatic carbocycles. The molecule has 0 aliphatic rings. The molecule has 0 unspecified atom stereocenters. The van der Waals surface area contributed by atoms with Gasteiger partial charge in [-0.1, -0.05) is 25.2 Å². The summed E-state index contributed by atoms with van der Waals surface area (Å²) in [6.07, 6.45) is 2.70. The monoisotopic (exact) mass is 220 g/mol. The van der Waals surface area contributed by atoms with E-state index in [9.17, 15) is 9.18 Å². The summed E-state index contributed by atoms with van der Waals surface area (Å²) in [6.45, 7) is 2.05. The summed E-state index contributed by atoms with van der Waals surface area (Å²) in [7, 11) is 0. The lowest BCUT2D eigenvalue weighted by atomic mass is 10.1. The standard InChI is InChI=1S/C13H13FO2/c1-2-3-4-5-6-10-9-11(13(15)16)7-8-12(10)14/h7-9H,2-4H2,1H3,(H,15,16). The van der Waals surface area contributed by atoms with Gasteiger partial charge in [0, 0.05) is 6.42 Å². The van der Waals surface area contributed by atoms with Crippen molar-refractivity contribution in [3.05, 3.63) is 35.1 Å². The zero-order chi connectivity index (χ0) is 12.0. The highest BCUT2D eigenvalue weighted by Gasteiger charge is 2.06. The van der Waals surface area contributed by atoms with Gasteiger partial charge in [0.05, 0.1) is 11.1 Å². The number of carbonyl (C=O) groups is 1. The summed E-state index contributed by atoms with van der Waals surface area (Å²) in [6, 6.07) is 3.62. The van der Waals surface area contributed by atoms with Gasteiger partial charge in [-0.3, -0.25) is 0 Å². The summed E-state index contributed by atoms with van der Waals surface area (Å²) in [5.74, 6) is 3.93. The van der Waals surface area contributed by atoms with Crippen LogP contribution >= 0.6 is 0 Å². The minimum atomic E-state index is -1.07. The highest BCUT2D eigenvalue weighted by molar-refractivity contribution is 5.88. The Morgan fingerprint density at radius 3 is 2.88 bits per heavy atom. The van der Waals surface area contributed by atoms with Crippen molar-refractivity contribution in [2.75, 3.05) is 0 Å². The fraction of sp³-hybridized carbons (Fsp3) is 0.308. The Bertz CT molecular complexity index is 441. The fourth-order valence-corrected chi connectivity index (χ4v) is 1.18. The van der Waals surface area contributed by atoms with Crippen LogP contribution in [0.3, 0.4) is 0 Å². The Morgan fingerprint density at radius 2 is 2.25 bits per heavy atom. The maximum absolute atomic E-state index is 13.2. The first kappa shape index (κ1) is 12.3. The molecule has 0 amide bonds. The van der Waals surface area contributed by atoms with Crippen molar-refractivity contribution in [1.29, 1.82) is 0 Å². The molecule has 84 valence electrons. The molecule has 0 aliphatic heterocycles. The predicted molar refractivity (Wildman–Crippen MR) is 59.8 cm³/mol. The van der Waals surface area contributed by atoms with Crippen molar-refractivity contribution >= 4 is 5.97 Å². The van der Waals surface area contributed by atoms with Crippen LogP contribution in [-0.2, 0) is 0 Å². The molecule has 0 heterocycles. The lowest BCUT2D eigenvalue weighted by Gasteiger charge is -1.97.